The molecule has 1 aliphatic rings. The van der Waals surface area contributed by atoms with E-state index >= 15 is 0 Å². The van der Waals surface area contributed by atoms with Gasteiger partial charge in [-0.1, -0.05) is 24.3 Å². The van der Waals surface area contributed by atoms with Gasteiger partial charge in [0.15, 0.2) is 0 Å². The van der Waals surface area contributed by atoms with Crippen molar-refractivity contribution in [2.45, 2.75) is 60.0 Å². The average molecular weight is 456 g/mol. The number of dihydropyridines is 1. The smallest absolute Gasteiger partial charge is 0.336 e. The summed E-state index contributed by atoms with van der Waals surface area (Å²) >= 11 is 0. The van der Waals surface area contributed by atoms with Crippen LogP contribution in [0.4, 0.5) is 0 Å². The van der Waals surface area contributed by atoms with Gasteiger partial charge in [-0.05, 0) is 65.7 Å². The lowest BCUT2D eigenvalue weighted by molar-refractivity contribution is -0.148. The predicted octanol–water partition coefficient (Wildman–Crippen LogP) is 4.40. The van der Waals surface area contributed by atoms with E-state index in [0.717, 1.165) is 11.1 Å². The zero-order valence-electron chi connectivity index (χ0n) is 20.4. The Hall–Kier alpha value is -3.35. The Labute approximate surface area is 195 Å². The molecular formula is C26H33NO6. The monoisotopic (exact) mass is 455 g/mol. The van der Waals surface area contributed by atoms with Gasteiger partial charge in [0.1, 0.15) is 5.60 Å². The minimum Gasteiger partial charge on any atom is -0.463 e. The molecule has 1 aromatic carbocycles. The summed E-state index contributed by atoms with van der Waals surface area (Å²) in [5.41, 5.74) is 2.91. The van der Waals surface area contributed by atoms with Crippen molar-refractivity contribution >= 4 is 24.0 Å². The summed E-state index contributed by atoms with van der Waals surface area (Å²) in [6, 6.07) is 7.27. The maximum absolute atomic E-state index is 12.8. The maximum atomic E-state index is 12.8. The van der Waals surface area contributed by atoms with Crippen LogP contribution in [0, 0.1) is 0 Å². The molecule has 1 N–H and O–H groups in total. The standard InChI is InChI=1S/C26H33NO6/c1-8-31-24(29)21-16(3)27-17(4)22(25(30)32-9-2)23(21)19-13-10-18(11-14-19)12-15-20(28)33-26(5,6)7/h10-15,23,27H,8-9H2,1-7H3. The van der Waals surface area contributed by atoms with E-state index < -0.39 is 29.4 Å². The molecule has 1 aliphatic heterocycles. The molecule has 2 rings (SSSR count). The molecule has 0 bridgehead atoms. The Kier molecular flexibility index (Phi) is 8.63. The van der Waals surface area contributed by atoms with Crippen molar-refractivity contribution in [1.82, 2.24) is 5.32 Å². The molecule has 1 heterocycles. The van der Waals surface area contributed by atoms with E-state index in [4.69, 9.17) is 14.2 Å². The fraction of sp³-hybridized carbons (Fsp3) is 0.423. The Bertz CT molecular complexity index is 953. The van der Waals surface area contributed by atoms with Gasteiger partial charge in [0.2, 0.25) is 0 Å². The summed E-state index contributed by atoms with van der Waals surface area (Å²) in [6.45, 7) is 12.9. The molecule has 0 saturated carbocycles. The zero-order valence-corrected chi connectivity index (χ0v) is 20.4. The van der Waals surface area contributed by atoms with Crippen LogP contribution in [0.1, 0.15) is 65.5 Å². The quantitative estimate of drug-likeness (QED) is 0.370. The fourth-order valence-electron chi connectivity index (χ4n) is 3.59. The van der Waals surface area contributed by atoms with Crippen LogP contribution < -0.4 is 5.32 Å². The number of ether oxygens (including phenoxy) is 3. The molecule has 0 spiro atoms. The highest BCUT2D eigenvalue weighted by atomic mass is 16.6. The average Bonchev–Trinajstić information content (AvgIpc) is 2.71. The van der Waals surface area contributed by atoms with Gasteiger partial charge in [-0.3, -0.25) is 0 Å². The second kappa shape index (κ2) is 11.0. The molecule has 178 valence electrons. The highest BCUT2D eigenvalue weighted by Crippen LogP contribution is 2.39. The van der Waals surface area contributed by atoms with E-state index in [1.165, 1.54) is 6.08 Å². The topological polar surface area (TPSA) is 90.9 Å². The summed E-state index contributed by atoms with van der Waals surface area (Å²) in [7, 11) is 0. The number of carbonyl (C=O) groups excluding carboxylic acids is 3. The Morgan fingerprint density at radius 2 is 1.39 bits per heavy atom. The van der Waals surface area contributed by atoms with Crippen molar-refractivity contribution in [3.63, 3.8) is 0 Å². The summed E-state index contributed by atoms with van der Waals surface area (Å²) < 4.78 is 15.8. The van der Waals surface area contributed by atoms with E-state index in [1.807, 2.05) is 24.3 Å². The fourth-order valence-corrected chi connectivity index (χ4v) is 3.59. The zero-order chi connectivity index (χ0) is 24.8. The van der Waals surface area contributed by atoms with Crippen LogP contribution in [0.2, 0.25) is 0 Å². The van der Waals surface area contributed by atoms with Crippen molar-refractivity contribution < 1.29 is 28.6 Å². The third-order valence-corrected chi connectivity index (χ3v) is 4.84. The molecule has 0 atom stereocenters. The lowest BCUT2D eigenvalue weighted by Crippen LogP contribution is -2.32. The predicted molar refractivity (Wildman–Crippen MR) is 126 cm³/mol. The molecule has 0 aromatic heterocycles. The van der Waals surface area contributed by atoms with Crippen LogP contribution in [0.15, 0.2) is 52.9 Å². The van der Waals surface area contributed by atoms with Crippen LogP contribution in [-0.2, 0) is 28.6 Å². The van der Waals surface area contributed by atoms with E-state index in [2.05, 4.69) is 5.32 Å². The van der Waals surface area contributed by atoms with Gasteiger partial charge < -0.3 is 19.5 Å². The number of hydrogen-bond donors (Lipinski definition) is 1. The van der Waals surface area contributed by atoms with Crippen LogP contribution in [0.3, 0.4) is 0 Å². The second-order valence-electron chi connectivity index (χ2n) is 8.61. The lowest BCUT2D eigenvalue weighted by Gasteiger charge is -2.30. The minimum atomic E-state index is -0.645. The Morgan fingerprint density at radius 1 is 0.909 bits per heavy atom. The van der Waals surface area contributed by atoms with E-state index in [-0.39, 0.29) is 13.2 Å². The molecule has 0 saturated heterocycles. The lowest BCUT2D eigenvalue weighted by atomic mass is 9.80. The number of benzene rings is 1. The van der Waals surface area contributed by atoms with Crippen molar-refractivity contribution in [3.05, 3.63) is 64.0 Å². The first-order valence-electron chi connectivity index (χ1n) is 11.0. The van der Waals surface area contributed by atoms with E-state index in [1.54, 1.807) is 54.5 Å². The van der Waals surface area contributed by atoms with E-state index in [0.29, 0.717) is 22.5 Å². The second-order valence-corrected chi connectivity index (χ2v) is 8.61. The molecule has 7 nitrogen and oxygen atoms in total. The molecule has 0 fully saturated rings. The first-order valence-corrected chi connectivity index (χ1v) is 11.0. The normalized spacial score (nSPS) is 14.9. The third-order valence-electron chi connectivity index (χ3n) is 4.84. The summed E-state index contributed by atoms with van der Waals surface area (Å²) in [5, 5.41) is 3.12. The number of rotatable bonds is 7. The maximum Gasteiger partial charge on any atom is 0.336 e. The van der Waals surface area contributed by atoms with Gasteiger partial charge in [-0.25, -0.2) is 14.4 Å². The Balaban J connectivity index is 2.44. The van der Waals surface area contributed by atoms with Crippen molar-refractivity contribution in [3.8, 4) is 0 Å². The number of allylic oxidation sites excluding steroid dienone is 2. The number of nitrogens with one attached hydrogen (secondary N) is 1. The van der Waals surface area contributed by atoms with Gasteiger partial charge in [0, 0.05) is 17.5 Å². The third kappa shape index (κ3) is 6.81. The van der Waals surface area contributed by atoms with E-state index in [9.17, 15) is 14.4 Å². The molecule has 0 radical (unpaired) electrons. The molecular weight excluding hydrogens is 422 g/mol. The number of esters is 3. The largest absolute Gasteiger partial charge is 0.463 e. The molecule has 0 amide bonds. The SMILES string of the molecule is CCOC(=O)C1=C(C)NC(C)=C(C(=O)OCC)C1c1ccc(C=CC(=O)OC(C)(C)C)cc1. The minimum absolute atomic E-state index is 0.216. The van der Waals surface area contributed by atoms with Gasteiger partial charge in [0.05, 0.1) is 30.3 Å². The van der Waals surface area contributed by atoms with Crippen LogP contribution in [0.5, 0.6) is 0 Å². The van der Waals surface area contributed by atoms with Crippen molar-refractivity contribution in [2.24, 2.45) is 0 Å². The summed E-state index contributed by atoms with van der Waals surface area (Å²) in [5.74, 6) is -2.06. The van der Waals surface area contributed by atoms with Gasteiger partial charge in [0.25, 0.3) is 0 Å². The molecule has 0 aliphatic carbocycles. The number of carbonyl (C=O) groups is 3. The number of hydrogen-bond acceptors (Lipinski definition) is 7. The van der Waals surface area contributed by atoms with Crippen LogP contribution in [-0.4, -0.2) is 36.7 Å². The van der Waals surface area contributed by atoms with Gasteiger partial charge >= 0.3 is 17.9 Å². The molecule has 0 unspecified atom stereocenters. The van der Waals surface area contributed by atoms with Gasteiger partial charge in [-0.15, -0.1) is 0 Å². The first kappa shape index (κ1) is 25.9. The van der Waals surface area contributed by atoms with Crippen molar-refractivity contribution in [1.29, 1.82) is 0 Å². The summed E-state index contributed by atoms with van der Waals surface area (Å²) in [6.07, 6.45) is 3.02. The molecule has 33 heavy (non-hydrogen) atoms. The van der Waals surface area contributed by atoms with Crippen LogP contribution in [0.25, 0.3) is 6.08 Å². The van der Waals surface area contributed by atoms with Crippen LogP contribution >= 0.6 is 0 Å². The Morgan fingerprint density at radius 3 is 1.82 bits per heavy atom. The highest BCUT2D eigenvalue weighted by Gasteiger charge is 2.37. The highest BCUT2D eigenvalue weighted by molar-refractivity contribution is 6.00. The molecule has 7 heteroatoms. The summed E-state index contributed by atoms with van der Waals surface area (Å²) in [4.78, 5) is 37.6. The van der Waals surface area contributed by atoms with Crippen molar-refractivity contribution in [2.75, 3.05) is 13.2 Å². The molecule has 1 aromatic rings. The first-order chi connectivity index (χ1) is 15.5. The van der Waals surface area contributed by atoms with Gasteiger partial charge in [-0.2, -0.15) is 0 Å².